The molecule has 1 fully saturated rings. The van der Waals surface area contributed by atoms with Crippen molar-refractivity contribution in [1.29, 1.82) is 0 Å². The Kier molecular flexibility index (Phi) is 5.55. The molecule has 27 heavy (non-hydrogen) atoms. The maximum atomic E-state index is 12.8. The van der Waals surface area contributed by atoms with Crippen molar-refractivity contribution in [3.63, 3.8) is 0 Å². The van der Waals surface area contributed by atoms with Gasteiger partial charge in [0.05, 0.1) is 14.2 Å². The average molecular weight is 390 g/mol. The molecule has 0 aliphatic carbocycles. The number of nitrogens with zero attached hydrogens (tertiary/aromatic N) is 1. The molecule has 1 aliphatic rings. The lowest BCUT2D eigenvalue weighted by atomic mass is 10.2. The third-order valence-corrected chi connectivity index (χ3v) is 5.84. The lowest BCUT2D eigenvalue weighted by Crippen LogP contribution is -2.27. The molecule has 1 heterocycles. The topological polar surface area (TPSA) is 84.9 Å². The second-order valence-corrected chi connectivity index (χ2v) is 7.85. The van der Waals surface area contributed by atoms with Crippen molar-refractivity contribution in [3.05, 3.63) is 48.0 Å². The van der Waals surface area contributed by atoms with E-state index in [1.807, 2.05) is 0 Å². The molecule has 2 aromatic rings. The van der Waals surface area contributed by atoms with Gasteiger partial charge in [0.2, 0.25) is 0 Å². The van der Waals surface area contributed by atoms with Gasteiger partial charge >= 0.3 is 0 Å². The van der Waals surface area contributed by atoms with Crippen LogP contribution in [0, 0.1) is 0 Å². The predicted octanol–water partition coefficient (Wildman–Crippen LogP) is 2.74. The van der Waals surface area contributed by atoms with Gasteiger partial charge in [-0.1, -0.05) is 6.07 Å². The third kappa shape index (κ3) is 4.16. The molecule has 1 aliphatic heterocycles. The van der Waals surface area contributed by atoms with Crippen molar-refractivity contribution in [2.24, 2.45) is 0 Å². The van der Waals surface area contributed by atoms with Gasteiger partial charge in [0, 0.05) is 30.4 Å². The quantitative estimate of drug-likeness (QED) is 0.820. The molecule has 8 heteroatoms. The fourth-order valence-corrected chi connectivity index (χ4v) is 4.23. The molecule has 144 valence electrons. The maximum absolute atomic E-state index is 12.8. The van der Waals surface area contributed by atoms with Crippen LogP contribution in [0.25, 0.3) is 0 Å². The first kappa shape index (κ1) is 19.0. The van der Waals surface area contributed by atoms with E-state index in [-0.39, 0.29) is 16.6 Å². The van der Waals surface area contributed by atoms with Crippen LogP contribution in [-0.4, -0.2) is 46.5 Å². The largest absolute Gasteiger partial charge is 0.497 e. The number of hydrogen-bond donors (Lipinski definition) is 1. The summed E-state index contributed by atoms with van der Waals surface area (Å²) >= 11 is 0. The molecular formula is C19H22N2O5S. The summed E-state index contributed by atoms with van der Waals surface area (Å²) < 4.78 is 38.4. The summed E-state index contributed by atoms with van der Waals surface area (Å²) in [6.45, 7) is 1.47. The highest BCUT2D eigenvalue weighted by Crippen LogP contribution is 2.30. The zero-order valence-corrected chi connectivity index (χ0v) is 16.1. The van der Waals surface area contributed by atoms with E-state index in [0.717, 1.165) is 25.9 Å². The number of amides is 1. The van der Waals surface area contributed by atoms with E-state index in [2.05, 4.69) is 4.72 Å². The molecule has 0 spiro atoms. The highest BCUT2D eigenvalue weighted by Gasteiger charge is 2.22. The predicted molar refractivity (Wildman–Crippen MR) is 102 cm³/mol. The number of carbonyl (C=O) groups is 1. The minimum atomic E-state index is -3.90. The lowest BCUT2D eigenvalue weighted by Gasteiger charge is -2.16. The van der Waals surface area contributed by atoms with Crippen LogP contribution >= 0.6 is 0 Å². The normalized spacial score (nSPS) is 14.1. The molecular weight excluding hydrogens is 368 g/mol. The number of rotatable bonds is 6. The Hall–Kier alpha value is -2.74. The standard InChI is InChI=1S/C19H22N2O5S/c1-25-16-8-9-18(17(13-16)26-2)27(23,24)20-15-7-5-6-14(12-15)19(22)21-10-3-4-11-21/h5-9,12-13,20H,3-4,10-11H2,1-2H3. The van der Waals surface area contributed by atoms with Gasteiger partial charge in [-0.05, 0) is 43.2 Å². The van der Waals surface area contributed by atoms with Crippen molar-refractivity contribution >= 4 is 21.6 Å². The number of likely N-dealkylation sites (tertiary alicyclic amines) is 1. The monoisotopic (exact) mass is 390 g/mol. The molecule has 0 bridgehead atoms. The van der Waals surface area contributed by atoms with E-state index >= 15 is 0 Å². The van der Waals surface area contributed by atoms with Gasteiger partial charge in [0.15, 0.2) is 0 Å². The summed E-state index contributed by atoms with van der Waals surface area (Å²) in [5.74, 6) is 0.575. The number of anilines is 1. The summed E-state index contributed by atoms with van der Waals surface area (Å²) in [5, 5.41) is 0. The van der Waals surface area contributed by atoms with Gasteiger partial charge in [0.1, 0.15) is 16.4 Å². The Bertz CT molecular complexity index is 937. The number of sulfonamides is 1. The fourth-order valence-electron chi connectivity index (χ4n) is 3.03. The van der Waals surface area contributed by atoms with E-state index in [1.54, 1.807) is 35.2 Å². The van der Waals surface area contributed by atoms with Gasteiger partial charge in [-0.15, -0.1) is 0 Å². The summed E-state index contributed by atoms with van der Waals surface area (Å²) in [7, 11) is -1.02. The molecule has 0 saturated carbocycles. The van der Waals surface area contributed by atoms with E-state index in [9.17, 15) is 13.2 Å². The van der Waals surface area contributed by atoms with Crippen molar-refractivity contribution < 1.29 is 22.7 Å². The van der Waals surface area contributed by atoms with Crippen molar-refractivity contribution in [2.75, 3.05) is 32.0 Å². The number of benzene rings is 2. The highest BCUT2D eigenvalue weighted by atomic mass is 32.2. The average Bonchev–Trinajstić information content (AvgIpc) is 3.21. The van der Waals surface area contributed by atoms with Crippen molar-refractivity contribution in [2.45, 2.75) is 17.7 Å². The van der Waals surface area contributed by atoms with E-state index < -0.39 is 10.0 Å². The summed E-state index contributed by atoms with van der Waals surface area (Å²) in [5.41, 5.74) is 0.775. The first-order valence-electron chi connectivity index (χ1n) is 8.59. The van der Waals surface area contributed by atoms with Crippen LogP contribution in [0.3, 0.4) is 0 Å². The first-order valence-corrected chi connectivity index (χ1v) is 10.1. The van der Waals surface area contributed by atoms with Crippen LogP contribution in [-0.2, 0) is 10.0 Å². The molecule has 1 N–H and O–H groups in total. The number of ether oxygens (including phenoxy) is 2. The summed E-state index contributed by atoms with van der Waals surface area (Å²) in [6.07, 6.45) is 1.99. The van der Waals surface area contributed by atoms with Gasteiger partial charge in [-0.25, -0.2) is 8.42 Å². The second-order valence-electron chi connectivity index (χ2n) is 6.20. The smallest absolute Gasteiger partial charge is 0.265 e. The Balaban J connectivity index is 1.86. The number of hydrogen-bond acceptors (Lipinski definition) is 5. The number of nitrogens with one attached hydrogen (secondary N) is 1. The van der Waals surface area contributed by atoms with Crippen molar-refractivity contribution in [1.82, 2.24) is 4.90 Å². The zero-order chi connectivity index (χ0) is 19.4. The van der Waals surface area contributed by atoms with E-state index in [0.29, 0.717) is 17.0 Å². The fraction of sp³-hybridized carbons (Fsp3) is 0.316. The minimum absolute atomic E-state index is 0.0120. The van der Waals surface area contributed by atoms with Gasteiger partial charge < -0.3 is 14.4 Å². The van der Waals surface area contributed by atoms with E-state index in [4.69, 9.17) is 9.47 Å². The highest BCUT2D eigenvalue weighted by molar-refractivity contribution is 7.92. The van der Waals surface area contributed by atoms with Crippen LogP contribution in [0.5, 0.6) is 11.5 Å². The molecule has 0 atom stereocenters. The molecule has 0 unspecified atom stereocenters. The maximum Gasteiger partial charge on any atom is 0.265 e. The molecule has 7 nitrogen and oxygen atoms in total. The van der Waals surface area contributed by atoms with Gasteiger partial charge in [-0.3, -0.25) is 9.52 Å². The molecule has 1 amide bonds. The Labute approximate surface area is 158 Å². The van der Waals surface area contributed by atoms with E-state index in [1.165, 1.54) is 26.4 Å². The second kappa shape index (κ2) is 7.87. The van der Waals surface area contributed by atoms with Crippen LogP contribution < -0.4 is 14.2 Å². The molecule has 1 saturated heterocycles. The summed E-state index contributed by atoms with van der Waals surface area (Å²) in [6, 6.07) is 11.0. The van der Waals surface area contributed by atoms with Crippen LogP contribution in [0.2, 0.25) is 0 Å². The van der Waals surface area contributed by atoms with Crippen LogP contribution in [0.15, 0.2) is 47.4 Å². The van der Waals surface area contributed by atoms with Gasteiger partial charge in [-0.2, -0.15) is 0 Å². The molecule has 0 aromatic heterocycles. The zero-order valence-electron chi connectivity index (χ0n) is 15.3. The lowest BCUT2D eigenvalue weighted by molar-refractivity contribution is 0.0793. The third-order valence-electron chi connectivity index (χ3n) is 4.42. The molecule has 0 radical (unpaired) electrons. The Morgan fingerprint density at radius 3 is 2.44 bits per heavy atom. The SMILES string of the molecule is COc1ccc(S(=O)(=O)Nc2cccc(C(=O)N3CCCC3)c2)c(OC)c1. The van der Waals surface area contributed by atoms with Crippen LogP contribution in [0.1, 0.15) is 23.2 Å². The number of methoxy groups -OCH3 is 2. The van der Waals surface area contributed by atoms with Crippen molar-refractivity contribution in [3.8, 4) is 11.5 Å². The Morgan fingerprint density at radius 2 is 1.78 bits per heavy atom. The minimum Gasteiger partial charge on any atom is -0.497 e. The number of carbonyl (C=O) groups excluding carboxylic acids is 1. The van der Waals surface area contributed by atoms with Crippen LogP contribution in [0.4, 0.5) is 5.69 Å². The van der Waals surface area contributed by atoms with Gasteiger partial charge in [0.25, 0.3) is 15.9 Å². The summed E-state index contributed by atoms with van der Waals surface area (Å²) in [4.78, 5) is 14.3. The Morgan fingerprint density at radius 1 is 1.04 bits per heavy atom. The molecule has 2 aromatic carbocycles. The molecule has 3 rings (SSSR count). The first-order chi connectivity index (χ1) is 12.9.